The van der Waals surface area contributed by atoms with Gasteiger partial charge in [-0.3, -0.25) is 0 Å². The van der Waals surface area contributed by atoms with Crippen LogP contribution in [0.25, 0.3) is 0 Å². The fourth-order valence-electron chi connectivity index (χ4n) is 3.11. The van der Waals surface area contributed by atoms with Gasteiger partial charge in [-0.05, 0) is 22.3 Å². The molecule has 0 N–H and O–H groups in total. The Morgan fingerprint density at radius 1 is 0.311 bits per heavy atom. The van der Waals surface area contributed by atoms with Gasteiger partial charge in [0.05, 0.1) is 63.5 Å². The molecule has 0 aliphatic carbocycles. The van der Waals surface area contributed by atoms with E-state index in [1.165, 1.54) is 0 Å². The van der Waals surface area contributed by atoms with E-state index in [9.17, 15) is 51.9 Å². The van der Waals surface area contributed by atoms with E-state index < -0.39 is 63.5 Å². The fraction of sp³-hybridized carbons (Fsp3) is 0.143. The van der Waals surface area contributed by atoms with Gasteiger partial charge in [-0.25, -0.2) is 33.7 Å². The van der Waals surface area contributed by atoms with E-state index in [1.54, 1.807) is 121 Å². The molecule has 4 aromatic rings. The van der Waals surface area contributed by atoms with Crippen LogP contribution in [-0.4, -0.2) is 75.8 Å². The molecule has 12 nitrogen and oxygen atoms in total. The van der Waals surface area contributed by atoms with E-state index in [-0.39, 0.29) is 23.9 Å². The molecule has 17 heteroatoms. The second kappa shape index (κ2) is 20.4. The monoisotopic (exact) mass is 804 g/mol. The third-order valence-corrected chi connectivity index (χ3v) is 7.49. The molecule has 0 heterocycles. The summed E-state index contributed by atoms with van der Waals surface area (Å²) in [6.07, 6.45) is 0. The summed E-state index contributed by atoms with van der Waals surface area (Å²) in [5, 5.41) is 0. The molecule has 0 aromatic heterocycles. The minimum Gasteiger partial charge on any atom is -0.748 e. The maximum atomic E-state index is 10.2. The topological polar surface area (TPSA) is 229 Å². The largest absolute Gasteiger partial charge is 4.00 e. The van der Waals surface area contributed by atoms with E-state index in [2.05, 4.69) is 0 Å². The molecule has 0 aliphatic heterocycles. The normalized spacial score (nSPS) is 11.1. The Morgan fingerprint density at radius 3 is 0.556 bits per heavy atom. The standard InChI is InChI=1S/4C7H8O3S.Sn/c4*8-11(9,10)6-7-4-2-1-3-5-7;/h4*1-5H,6H2,(H,8,9,10);/q;;;;+4/p-4. The summed E-state index contributed by atoms with van der Waals surface area (Å²) in [5.74, 6) is -1.69. The Labute approximate surface area is 281 Å². The molecule has 0 aliphatic rings. The van der Waals surface area contributed by atoms with Crippen LogP contribution >= 0.6 is 0 Å². The van der Waals surface area contributed by atoms with Crippen molar-refractivity contribution in [2.45, 2.75) is 23.0 Å². The molecule has 240 valence electrons. The van der Waals surface area contributed by atoms with Gasteiger partial charge in [0, 0.05) is 0 Å². The van der Waals surface area contributed by atoms with Gasteiger partial charge in [0.1, 0.15) is 0 Å². The third kappa shape index (κ3) is 26.3. The zero-order valence-electron chi connectivity index (χ0n) is 23.4. The molecule has 0 saturated carbocycles. The van der Waals surface area contributed by atoms with Gasteiger partial charge in [-0.1, -0.05) is 121 Å². The van der Waals surface area contributed by atoms with Crippen molar-refractivity contribution < 1.29 is 51.9 Å². The average Bonchev–Trinajstić information content (AvgIpc) is 2.88. The summed E-state index contributed by atoms with van der Waals surface area (Å²) >= 11 is 0. The number of hydrogen-bond acceptors (Lipinski definition) is 12. The quantitative estimate of drug-likeness (QED) is 0.185. The molecule has 0 spiro atoms. The maximum absolute atomic E-state index is 10.2. The van der Waals surface area contributed by atoms with Crippen LogP contribution in [-0.2, 0) is 63.5 Å². The van der Waals surface area contributed by atoms with Crippen molar-refractivity contribution in [1.29, 1.82) is 0 Å². The number of hydrogen-bond donors (Lipinski definition) is 0. The van der Waals surface area contributed by atoms with Crippen molar-refractivity contribution in [3.8, 4) is 0 Å². The molecular formula is C28H28O12S4Sn. The van der Waals surface area contributed by atoms with Crippen LogP contribution in [0.15, 0.2) is 121 Å². The smallest absolute Gasteiger partial charge is 0.748 e. The molecule has 0 fully saturated rings. The predicted octanol–water partition coefficient (Wildman–Crippen LogP) is 2.55. The van der Waals surface area contributed by atoms with Crippen LogP contribution in [0.2, 0.25) is 0 Å². The first-order valence-electron chi connectivity index (χ1n) is 12.2. The van der Waals surface area contributed by atoms with Crippen molar-refractivity contribution >= 4 is 64.4 Å². The Morgan fingerprint density at radius 2 is 0.444 bits per heavy atom. The molecule has 4 aromatic carbocycles. The first-order chi connectivity index (χ1) is 20.3. The van der Waals surface area contributed by atoms with E-state index in [1.807, 2.05) is 0 Å². The predicted molar refractivity (Wildman–Crippen MR) is 165 cm³/mol. The van der Waals surface area contributed by atoms with Crippen molar-refractivity contribution in [2.75, 3.05) is 0 Å². The van der Waals surface area contributed by atoms with Crippen LogP contribution < -0.4 is 0 Å². The van der Waals surface area contributed by atoms with Crippen molar-refractivity contribution in [1.82, 2.24) is 0 Å². The summed E-state index contributed by atoms with van der Waals surface area (Å²) < 4.78 is 123. The Hall–Kier alpha value is -2.68. The molecule has 0 atom stereocenters. The Balaban J connectivity index is 0.000000569. The molecule has 0 saturated heterocycles. The van der Waals surface area contributed by atoms with Crippen LogP contribution in [0.4, 0.5) is 0 Å². The molecule has 0 amide bonds. The molecule has 0 bridgehead atoms. The fourth-order valence-corrected chi connectivity index (χ4v) is 5.52. The Kier molecular flexibility index (Phi) is 19.2. The van der Waals surface area contributed by atoms with Gasteiger partial charge in [0.25, 0.3) is 0 Å². The second-order valence-corrected chi connectivity index (χ2v) is 14.4. The first kappa shape index (κ1) is 42.3. The third-order valence-electron chi connectivity index (χ3n) is 4.75. The summed E-state index contributed by atoms with van der Waals surface area (Å²) in [6.45, 7) is 0. The minimum atomic E-state index is -4.13. The van der Waals surface area contributed by atoms with Gasteiger partial charge in [-0.2, -0.15) is 0 Å². The summed E-state index contributed by atoms with van der Waals surface area (Å²) in [7, 11) is -16.5. The van der Waals surface area contributed by atoms with Crippen LogP contribution in [0, 0.1) is 0 Å². The van der Waals surface area contributed by atoms with Gasteiger partial charge in [-0.15, -0.1) is 0 Å². The SMILES string of the molecule is O=S(=O)([O-])Cc1ccccc1.O=S(=O)([O-])Cc1ccccc1.O=S(=O)([O-])Cc1ccccc1.O=S(=O)([O-])Cc1ccccc1.[Sn+4]. The van der Waals surface area contributed by atoms with E-state index >= 15 is 0 Å². The summed E-state index contributed by atoms with van der Waals surface area (Å²) in [4.78, 5) is 0. The molecule has 4 rings (SSSR count). The average molecular weight is 803 g/mol. The van der Waals surface area contributed by atoms with E-state index in [0.717, 1.165) is 0 Å². The van der Waals surface area contributed by atoms with Gasteiger partial charge < -0.3 is 18.2 Å². The minimum absolute atomic E-state index is 0. The number of benzene rings is 4. The zero-order chi connectivity index (χ0) is 33.3. The van der Waals surface area contributed by atoms with Gasteiger partial charge in [0.15, 0.2) is 0 Å². The van der Waals surface area contributed by atoms with Crippen molar-refractivity contribution in [3.05, 3.63) is 144 Å². The summed E-state index contributed by atoms with van der Waals surface area (Å²) in [6, 6.07) is 33.5. The molecular weight excluding hydrogens is 775 g/mol. The van der Waals surface area contributed by atoms with Crippen molar-refractivity contribution in [2.24, 2.45) is 0 Å². The van der Waals surface area contributed by atoms with Crippen LogP contribution in [0.1, 0.15) is 22.3 Å². The van der Waals surface area contributed by atoms with Crippen LogP contribution in [0.3, 0.4) is 0 Å². The van der Waals surface area contributed by atoms with Gasteiger partial charge >= 0.3 is 23.9 Å². The zero-order valence-corrected chi connectivity index (χ0v) is 29.5. The number of rotatable bonds is 8. The van der Waals surface area contributed by atoms with Gasteiger partial charge in [0.2, 0.25) is 0 Å². The maximum Gasteiger partial charge on any atom is 4.00 e. The second-order valence-electron chi connectivity index (χ2n) is 8.75. The van der Waals surface area contributed by atoms with Crippen LogP contribution in [0.5, 0.6) is 0 Å². The van der Waals surface area contributed by atoms with E-state index in [4.69, 9.17) is 0 Å². The summed E-state index contributed by atoms with van der Waals surface area (Å²) in [5.41, 5.74) is 2.12. The first-order valence-corrected chi connectivity index (χ1v) is 18.5. The van der Waals surface area contributed by atoms with Crippen molar-refractivity contribution in [3.63, 3.8) is 0 Å². The van der Waals surface area contributed by atoms with E-state index in [0.29, 0.717) is 22.3 Å². The molecule has 45 heavy (non-hydrogen) atoms. The molecule has 0 unspecified atom stereocenters. The molecule has 0 radical (unpaired) electrons. The Bertz CT molecular complexity index is 1540.